The lowest BCUT2D eigenvalue weighted by atomic mass is 10.2. The van der Waals surface area contributed by atoms with Gasteiger partial charge in [-0.2, -0.15) is 0 Å². The molecule has 2 aromatic carbocycles. The predicted molar refractivity (Wildman–Crippen MR) is 92.3 cm³/mol. The molecule has 21 heavy (non-hydrogen) atoms. The number of thiazole rings is 1. The van der Waals surface area contributed by atoms with E-state index >= 15 is 0 Å². The molecular weight excluding hydrogens is 347 g/mol. The SMILES string of the molecule is Clc1cccc(Nc2nc(-c3ccc(Cl)c(Cl)c3)cs2)c1. The number of aromatic nitrogens is 1. The Hall–Kier alpha value is -1.26. The van der Waals surface area contributed by atoms with Crippen LogP contribution in [-0.2, 0) is 0 Å². The Bertz CT molecular complexity index is 786. The van der Waals surface area contributed by atoms with E-state index in [-0.39, 0.29) is 0 Å². The van der Waals surface area contributed by atoms with Crippen molar-refractivity contribution in [1.29, 1.82) is 0 Å². The Morgan fingerprint density at radius 3 is 2.57 bits per heavy atom. The Labute approximate surface area is 141 Å². The van der Waals surface area contributed by atoms with Gasteiger partial charge in [-0.1, -0.05) is 46.9 Å². The van der Waals surface area contributed by atoms with Crippen LogP contribution in [0.3, 0.4) is 0 Å². The van der Waals surface area contributed by atoms with Crippen molar-refractivity contribution in [2.75, 3.05) is 5.32 Å². The lowest BCUT2D eigenvalue weighted by Crippen LogP contribution is -1.89. The van der Waals surface area contributed by atoms with Gasteiger partial charge in [0.05, 0.1) is 15.7 Å². The number of halogens is 3. The fourth-order valence-corrected chi connectivity index (χ4v) is 3.04. The molecule has 2 nitrogen and oxygen atoms in total. The van der Waals surface area contributed by atoms with E-state index in [2.05, 4.69) is 10.3 Å². The van der Waals surface area contributed by atoms with E-state index in [9.17, 15) is 0 Å². The number of hydrogen-bond donors (Lipinski definition) is 1. The summed E-state index contributed by atoms with van der Waals surface area (Å²) in [6.45, 7) is 0. The van der Waals surface area contributed by atoms with Gasteiger partial charge in [-0.25, -0.2) is 4.98 Å². The van der Waals surface area contributed by atoms with E-state index in [4.69, 9.17) is 34.8 Å². The fourth-order valence-electron chi connectivity index (χ4n) is 1.81. The third-order valence-corrected chi connectivity index (χ3v) is 4.53. The summed E-state index contributed by atoms with van der Waals surface area (Å²) in [4.78, 5) is 4.54. The minimum Gasteiger partial charge on any atom is -0.331 e. The quantitative estimate of drug-likeness (QED) is 0.579. The second kappa shape index (κ2) is 6.24. The van der Waals surface area contributed by atoms with Crippen molar-refractivity contribution in [2.24, 2.45) is 0 Å². The Kier molecular flexibility index (Phi) is 4.36. The first-order chi connectivity index (χ1) is 10.1. The zero-order valence-corrected chi connectivity index (χ0v) is 13.7. The summed E-state index contributed by atoms with van der Waals surface area (Å²) in [7, 11) is 0. The van der Waals surface area contributed by atoms with Crippen LogP contribution < -0.4 is 5.32 Å². The maximum Gasteiger partial charge on any atom is 0.187 e. The molecule has 0 saturated heterocycles. The number of nitrogens with one attached hydrogen (secondary N) is 1. The van der Waals surface area contributed by atoms with Gasteiger partial charge >= 0.3 is 0 Å². The van der Waals surface area contributed by atoms with Crippen LogP contribution in [0.1, 0.15) is 0 Å². The predicted octanol–water partition coefficient (Wildman–Crippen LogP) is 6.51. The molecule has 0 amide bonds. The average molecular weight is 356 g/mol. The van der Waals surface area contributed by atoms with Crippen molar-refractivity contribution >= 4 is 57.0 Å². The summed E-state index contributed by atoms with van der Waals surface area (Å²) in [5, 5.41) is 7.72. The van der Waals surface area contributed by atoms with Crippen molar-refractivity contribution in [3.05, 3.63) is 62.9 Å². The molecule has 0 radical (unpaired) electrons. The van der Waals surface area contributed by atoms with Crippen LogP contribution in [0.4, 0.5) is 10.8 Å². The third-order valence-electron chi connectivity index (χ3n) is 2.80. The summed E-state index contributed by atoms with van der Waals surface area (Å²) >= 11 is 19.4. The van der Waals surface area contributed by atoms with E-state index in [1.807, 2.05) is 41.8 Å². The van der Waals surface area contributed by atoms with Crippen LogP contribution in [0.25, 0.3) is 11.3 Å². The smallest absolute Gasteiger partial charge is 0.187 e. The summed E-state index contributed by atoms with van der Waals surface area (Å²) in [6.07, 6.45) is 0. The molecule has 0 aliphatic rings. The van der Waals surface area contributed by atoms with Gasteiger partial charge in [0, 0.05) is 21.7 Å². The van der Waals surface area contributed by atoms with Crippen molar-refractivity contribution in [1.82, 2.24) is 4.98 Å². The first kappa shape index (κ1) is 14.7. The van der Waals surface area contributed by atoms with E-state index < -0.39 is 0 Å². The van der Waals surface area contributed by atoms with Gasteiger partial charge in [0.2, 0.25) is 0 Å². The summed E-state index contributed by atoms with van der Waals surface area (Å²) in [6, 6.07) is 13.0. The topological polar surface area (TPSA) is 24.9 Å². The molecule has 0 aliphatic heterocycles. The molecule has 0 atom stereocenters. The maximum atomic E-state index is 6.03. The molecule has 6 heteroatoms. The Morgan fingerprint density at radius 1 is 0.952 bits per heavy atom. The molecule has 106 valence electrons. The molecule has 3 aromatic rings. The van der Waals surface area contributed by atoms with Crippen LogP contribution in [-0.4, -0.2) is 4.98 Å². The van der Waals surface area contributed by atoms with Crippen molar-refractivity contribution in [2.45, 2.75) is 0 Å². The number of nitrogens with zero attached hydrogens (tertiary/aromatic N) is 1. The molecule has 0 aliphatic carbocycles. The molecule has 3 rings (SSSR count). The lowest BCUT2D eigenvalue weighted by Gasteiger charge is -2.02. The van der Waals surface area contributed by atoms with Gasteiger partial charge in [-0.15, -0.1) is 11.3 Å². The van der Waals surface area contributed by atoms with E-state index in [1.165, 1.54) is 11.3 Å². The van der Waals surface area contributed by atoms with Gasteiger partial charge in [0.25, 0.3) is 0 Å². The van der Waals surface area contributed by atoms with Crippen molar-refractivity contribution in [3.63, 3.8) is 0 Å². The van der Waals surface area contributed by atoms with E-state index in [1.54, 1.807) is 6.07 Å². The standard InChI is InChI=1S/C15H9Cl3N2S/c16-10-2-1-3-11(7-10)19-15-20-14(8-21-15)9-4-5-12(17)13(18)6-9/h1-8H,(H,19,20). The zero-order chi connectivity index (χ0) is 14.8. The minimum absolute atomic E-state index is 0.520. The first-order valence-electron chi connectivity index (χ1n) is 6.05. The van der Waals surface area contributed by atoms with Crippen LogP contribution in [0.2, 0.25) is 15.1 Å². The average Bonchev–Trinajstić information content (AvgIpc) is 2.90. The molecule has 0 saturated carbocycles. The molecule has 1 aromatic heterocycles. The lowest BCUT2D eigenvalue weighted by molar-refractivity contribution is 1.38. The highest BCUT2D eigenvalue weighted by Crippen LogP contribution is 2.31. The van der Waals surface area contributed by atoms with Gasteiger partial charge in [0.15, 0.2) is 5.13 Å². The Balaban J connectivity index is 1.84. The highest BCUT2D eigenvalue weighted by molar-refractivity contribution is 7.14. The summed E-state index contributed by atoms with van der Waals surface area (Å²) in [5.74, 6) is 0. The highest BCUT2D eigenvalue weighted by atomic mass is 35.5. The number of hydrogen-bond acceptors (Lipinski definition) is 3. The summed E-state index contributed by atoms with van der Waals surface area (Å²) in [5.41, 5.74) is 2.68. The zero-order valence-electron chi connectivity index (χ0n) is 10.6. The van der Waals surface area contributed by atoms with Crippen molar-refractivity contribution in [3.8, 4) is 11.3 Å². The second-order valence-corrected chi connectivity index (χ2v) is 6.41. The third kappa shape index (κ3) is 3.50. The molecule has 0 bridgehead atoms. The normalized spacial score (nSPS) is 10.6. The van der Waals surface area contributed by atoms with Crippen LogP contribution in [0.15, 0.2) is 47.8 Å². The largest absolute Gasteiger partial charge is 0.331 e. The number of rotatable bonds is 3. The van der Waals surface area contributed by atoms with Crippen LogP contribution >= 0.6 is 46.1 Å². The van der Waals surface area contributed by atoms with Gasteiger partial charge < -0.3 is 5.32 Å². The molecule has 1 heterocycles. The number of anilines is 2. The van der Waals surface area contributed by atoms with Gasteiger partial charge in [-0.05, 0) is 30.3 Å². The second-order valence-electron chi connectivity index (χ2n) is 4.30. The molecule has 0 spiro atoms. The number of benzene rings is 2. The Morgan fingerprint density at radius 2 is 1.81 bits per heavy atom. The van der Waals surface area contributed by atoms with Gasteiger partial charge in [0.1, 0.15) is 0 Å². The fraction of sp³-hybridized carbons (Fsp3) is 0. The summed E-state index contributed by atoms with van der Waals surface area (Å²) < 4.78 is 0. The molecule has 1 N–H and O–H groups in total. The first-order valence-corrected chi connectivity index (χ1v) is 8.07. The minimum atomic E-state index is 0.520. The van der Waals surface area contributed by atoms with E-state index in [0.717, 1.165) is 22.1 Å². The monoisotopic (exact) mass is 354 g/mol. The molecule has 0 unspecified atom stereocenters. The van der Waals surface area contributed by atoms with Crippen LogP contribution in [0, 0.1) is 0 Å². The molecule has 0 fully saturated rings. The molecular formula is C15H9Cl3N2S. The highest BCUT2D eigenvalue weighted by Gasteiger charge is 2.07. The maximum absolute atomic E-state index is 6.03. The van der Waals surface area contributed by atoms with Crippen molar-refractivity contribution < 1.29 is 0 Å². The van der Waals surface area contributed by atoms with Crippen LogP contribution in [0.5, 0.6) is 0 Å². The van der Waals surface area contributed by atoms with E-state index in [0.29, 0.717) is 15.1 Å². The van der Waals surface area contributed by atoms with Gasteiger partial charge in [-0.3, -0.25) is 0 Å².